The van der Waals surface area contributed by atoms with Gasteiger partial charge in [0, 0.05) is 50.2 Å². The second-order valence-corrected chi connectivity index (χ2v) is 10.5. The second-order valence-electron chi connectivity index (χ2n) is 10.5. The van der Waals surface area contributed by atoms with Gasteiger partial charge in [-0.05, 0) is 83.5 Å². The molecule has 2 N–H and O–H groups in total. The van der Waals surface area contributed by atoms with E-state index in [2.05, 4.69) is 29.9 Å². The predicted octanol–water partition coefficient (Wildman–Crippen LogP) is 3.36. The molecule has 0 saturated carbocycles. The molecular formula is C26H45N3O3. The van der Waals surface area contributed by atoms with Gasteiger partial charge in [-0.25, -0.2) is 0 Å². The van der Waals surface area contributed by atoms with Gasteiger partial charge in [0.15, 0.2) is 0 Å². The summed E-state index contributed by atoms with van der Waals surface area (Å²) in [5, 5.41) is 21.6. The number of piperidine rings is 3. The van der Waals surface area contributed by atoms with E-state index in [1.54, 1.807) is 0 Å². The SMILES string of the molecule is C=C(C)N1CCCC(CC(O)C(=O)N2CCCC(CC(O)C(=C)N3CCCCC3C)C2)C1. The van der Waals surface area contributed by atoms with Crippen LogP contribution in [-0.2, 0) is 4.79 Å². The van der Waals surface area contributed by atoms with E-state index in [1.807, 2.05) is 11.8 Å². The van der Waals surface area contributed by atoms with Crippen LogP contribution in [0.1, 0.15) is 71.6 Å². The molecule has 1 amide bonds. The number of rotatable bonds is 8. The topological polar surface area (TPSA) is 67.2 Å². The van der Waals surface area contributed by atoms with Crippen molar-refractivity contribution < 1.29 is 15.0 Å². The first-order chi connectivity index (χ1) is 15.3. The largest absolute Gasteiger partial charge is 0.387 e. The summed E-state index contributed by atoms with van der Waals surface area (Å²) in [5.74, 6) is 0.442. The molecule has 0 bridgehead atoms. The number of allylic oxidation sites excluding steroid dienone is 1. The molecule has 5 unspecified atom stereocenters. The standard InChI is InChI=1S/C26H45N3O3/c1-19(2)27-12-7-10-23(17-27)16-25(31)26(32)28-13-8-11-22(18-28)15-24(30)21(4)29-14-6-5-9-20(29)3/h20,22-25,30-31H,1,4-18H2,2-3H3. The molecule has 6 nitrogen and oxygen atoms in total. The van der Waals surface area contributed by atoms with Crippen LogP contribution in [-0.4, -0.2) is 81.8 Å². The molecule has 3 rings (SSSR count). The van der Waals surface area contributed by atoms with Gasteiger partial charge in [-0.1, -0.05) is 13.2 Å². The van der Waals surface area contributed by atoms with Crippen molar-refractivity contribution in [1.29, 1.82) is 0 Å². The van der Waals surface area contributed by atoms with Crippen LogP contribution in [0.4, 0.5) is 0 Å². The molecule has 6 heteroatoms. The summed E-state index contributed by atoms with van der Waals surface area (Å²) in [7, 11) is 0. The Labute approximate surface area is 194 Å². The van der Waals surface area contributed by atoms with Crippen molar-refractivity contribution in [3.63, 3.8) is 0 Å². The van der Waals surface area contributed by atoms with Gasteiger partial charge in [0.05, 0.1) is 6.10 Å². The molecule has 3 aliphatic heterocycles. The fourth-order valence-corrected chi connectivity index (χ4v) is 5.86. The van der Waals surface area contributed by atoms with Crippen molar-refractivity contribution in [1.82, 2.24) is 14.7 Å². The van der Waals surface area contributed by atoms with Crippen LogP contribution >= 0.6 is 0 Å². The molecule has 3 heterocycles. The maximum Gasteiger partial charge on any atom is 0.251 e. The lowest BCUT2D eigenvalue weighted by Gasteiger charge is -2.40. The number of hydrogen-bond acceptors (Lipinski definition) is 5. The van der Waals surface area contributed by atoms with Gasteiger partial charge >= 0.3 is 0 Å². The lowest BCUT2D eigenvalue weighted by Crippen LogP contribution is -2.47. The lowest BCUT2D eigenvalue weighted by molar-refractivity contribution is -0.143. The van der Waals surface area contributed by atoms with E-state index in [9.17, 15) is 15.0 Å². The van der Waals surface area contributed by atoms with Gasteiger partial charge in [0.1, 0.15) is 6.10 Å². The van der Waals surface area contributed by atoms with E-state index in [-0.39, 0.29) is 11.8 Å². The number of amides is 1. The summed E-state index contributed by atoms with van der Waals surface area (Å²) in [4.78, 5) is 19.4. The summed E-state index contributed by atoms with van der Waals surface area (Å²) in [6.07, 6.45) is 7.30. The first kappa shape index (κ1) is 25.1. The van der Waals surface area contributed by atoms with E-state index < -0.39 is 12.2 Å². The molecule has 182 valence electrons. The molecule has 0 radical (unpaired) electrons. The third kappa shape index (κ3) is 6.50. The minimum Gasteiger partial charge on any atom is -0.387 e. The zero-order valence-electron chi connectivity index (χ0n) is 20.3. The Kier molecular flexibility index (Phi) is 9.06. The monoisotopic (exact) mass is 447 g/mol. The summed E-state index contributed by atoms with van der Waals surface area (Å²) >= 11 is 0. The zero-order valence-corrected chi connectivity index (χ0v) is 20.3. The van der Waals surface area contributed by atoms with Crippen LogP contribution in [0.25, 0.3) is 0 Å². The van der Waals surface area contributed by atoms with Crippen molar-refractivity contribution in [2.24, 2.45) is 11.8 Å². The number of aliphatic hydroxyl groups excluding tert-OH is 2. The summed E-state index contributed by atoms with van der Waals surface area (Å²) in [6, 6.07) is 0.436. The smallest absolute Gasteiger partial charge is 0.251 e. The third-order valence-corrected chi connectivity index (χ3v) is 7.84. The molecule has 0 aromatic heterocycles. The summed E-state index contributed by atoms with van der Waals surface area (Å²) in [5.41, 5.74) is 1.90. The molecule has 32 heavy (non-hydrogen) atoms. The predicted molar refractivity (Wildman–Crippen MR) is 129 cm³/mol. The molecule has 0 spiro atoms. The van der Waals surface area contributed by atoms with E-state index in [1.165, 1.54) is 6.42 Å². The molecular weight excluding hydrogens is 402 g/mol. The first-order valence-electron chi connectivity index (χ1n) is 12.8. The van der Waals surface area contributed by atoms with Gasteiger partial charge in [-0.2, -0.15) is 0 Å². The molecule has 3 aliphatic rings. The van der Waals surface area contributed by atoms with Crippen molar-refractivity contribution >= 4 is 5.91 Å². The van der Waals surface area contributed by atoms with Crippen LogP contribution in [0.5, 0.6) is 0 Å². The average Bonchev–Trinajstić information content (AvgIpc) is 2.78. The molecule has 0 aliphatic carbocycles. The van der Waals surface area contributed by atoms with Crippen molar-refractivity contribution in [3.8, 4) is 0 Å². The number of carbonyl (C=O) groups excluding carboxylic acids is 1. The third-order valence-electron chi connectivity index (χ3n) is 7.84. The van der Waals surface area contributed by atoms with Crippen LogP contribution < -0.4 is 0 Å². The Bertz CT molecular complexity index is 667. The first-order valence-corrected chi connectivity index (χ1v) is 12.8. The van der Waals surface area contributed by atoms with Crippen LogP contribution in [0, 0.1) is 11.8 Å². The van der Waals surface area contributed by atoms with E-state index in [0.29, 0.717) is 37.9 Å². The van der Waals surface area contributed by atoms with Crippen molar-refractivity contribution in [2.45, 2.75) is 89.9 Å². The molecule has 3 saturated heterocycles. The van der Waals surface area contributed by atoms with Crippen LogP contribution in [0.2, 0.25) is 0 Å². The maximum absolute atomic E-state index is 13.0. The Morgan fingerprint density at radius 1 is 0.875 bits per heavy atom. The number of nitrogens with zero attached hydrogens (tertiary/aromatic N) is 3. The summed E-state index contributed by atoms with van der Waals surface area (Å²) < 4.78 is 0. The van der Waals surface area contributed by atoms with Crippen molar-refractivity contribution in [3.05, 3.63) is 24.6 Å². The Morgan fingerprint density at radius 2 is 1.47 bits per heavy atom. The van der Waals surface area contributed by atoms with E-state index in [0.717, 1.165) is 69.6 Å². The molecule has 5 atom stereocenters. The fraction of sp³-hybridized carbons (Fsp3) is 0.808. The minimum absolute atomic E-state index is 0.139. The van der Waals surface area contributed by atoms with Gasteiger partial charge < -0.3 is 24.9 Å². The van der Waals surface area contributed by atoms with Crippen molar-refractivity contribution in [2.75, 3.05) is 32.7 Å². The quantitative estimate of drug-likeness (QED) is 0.597. The van der Waals surface area contributed by atoms with Gasteiger partial charge in [-0.3, -0.25) is 4.79 Å². The van der Waals surface area contributed by atoms with Gasteiger partial charge in [0.2, 0.25) is 0 Å². The normalized spacial score (nSPS) is 28.9. The maximum atomic E-state index is 13.0. The molecule has 0 aromatic carbocycles. The molecule has 0 aromatic rings. The zero-order chi connectivity index (χ0) is 23.3. The number of aliphatic hydroxyl groups is 2. The Balaban J connectivity index is 1.48. The average molecular weight is 448 g/mol. The lowest BCUT2D eigenvalue weighted by atomic mass is 9.89. The van der Waals surface area contributed by atoms with Gasteiger partial charge in [0.25, 0.3) is 5.91 Å². The Hall–Kier alpha value is -1.53. The van der Waals surface area contributed by atoms with E-state index >= 15 is 0 Å². The highest BCUT2D eigenvalue weighted by atomic mass is 16.3. The highest BCUT2D eigenvalue weighted by Gasteiger charge is 2.32. The minimum atomic E-state index is -0.932. The van der Waals surface area contributed by atoms with Gasteiger partial charge in [-0.15, -0.1) is 0 Å². The highest BCUT2D eigenvalue weighted by Crippen LogP contribution is 2.29. The van der Waals surface area contributed by atoms with Crippen LogP contribution in [0.15, 0.2) is 24.6 Å². The summed E-state index contributed by atoms with van der Waals surface area (Å²) in [6.45, 7) is 16.7. The fourth-order valence-electron chi connectivity index (χ4n) is 5.86. The second kappa shape index (κ2) is 11.6. The molecule has 3 fully saturated rings. The Morgan fingerprint density at radius 3 is 2.09 bits per heavy atom. The van der Waals surface area contributed by atoms with E-state index in [4.69, 9.17) is 0 Å². The highest BCUT2D eigenvalue weighted by molar-refractivity contribution is 5.80. The number of carbonyl (C=O) groups is 1. The number of hydrogen-bond donors (Lipinski definition) is 2. The number of likely N-dealkylation sites (tertiary alicyclic amines) is 3. The van der Waals surface area contributed by atoms with Crippen LogP contribution in [0.3, 0.4) is 0 Å².